The molecule has 0 aromatic heterocycles. The van der Waals surface area contributed by atoms with Gasteiger partial charge in [0.15, 0.2) is 6.10 Å². The number of nitrogens with two attached hydrogens (primary N) is 1. The summed E-state index contributed by atoms with van der Waals surface area (Å²) in [6.45, 7) is 2.68. The lowest BCUT2D eigenvalue weighted by Gasteiger charge is -2.04. The SMILES string of the molecule is C=CC(=O)OCC(O)C(N)=O. The van der Waals surface area contributed by atoms with Crippen molar-refractivity contribution >= 4 is 11.9 Å². The molecule has 0 aromatic rings. The first-order valence-electron chi connectivity index (χ1n) is 2.84. The Morgan fingerprint density at radius 3 is 2.64 bits per heavy atom. The Morgan fingerprint density at radius 1 is 1.73 bits per heavy atom. The van der Waals surface area contributed by atoms with Crippen LogP contribution in [0.25, 0.3) is 0 Å². The number of carbonyl (C=O) groups excluding carboxylic acids is 2. The normalized spacial score (nSPS) is 11.7. The van der Waals surface area contributed by atoms with Crippen LogP contribution in [0.2, 0.25) is 0 Å². The zero-order valence-corrected chi connectivity index (χ0v) is 5.82. The third-order valence-electron chi connectivity index (χ3n) is 0.879. The Morgan fingerprint density at radius 2 is 2.27 bits per heavy atom. The van der Waals surface area contributed by atoms with Crippen molar-refractivity contribution in [3.8, 4) is 0 Å². The first-order valence-corrected chi connectivity index (χ1v) is 2.84. The van der Waals surface area contributed by atoms with E-state index in [9.17, 15) is 9.59 Å². The maximum absolute atomic E-state index is 10.3. The van der Waals surface area contributed by atoms with E-state index in [0.717, 1.165) is 6.08 Å². The van der Waals surface area contributed by atoms with E-state index in [4.69, 9.17) is 5.11 Å². The molecular weight excluding hydrogens is 150 g/mol. The summed E-state index contributed by atoms with van der Waals surface area (Å²) in [7, 11) is 0. The topological polar surface area (TPSA) is 89.6 Å². The minimum absolute atomic E-state index is 0.430. The van der Waals surface area contributed by atoms with Gasteiger partial charge >= 0.3 is 5.97 Å². The molecule has 1 atom stereocenters. The van der Waals surface area contributed by atoms with Crippen LogP contribution < -0.4 is 5.73 Å². The van der Waals surface area contributed by atoms with E-state index in [1.54, 1.807) is 0 Å². The number of esters is 1. The zero-order valence-electron chi connectivity index (χ0n) is 5.82. The molecule has 0 spiro atoms. The lowest BCUT2D eigenvalue weighted by atomic mass is 10.4. The molecule has 0 aliphatic rings. The van der Waals surface area contributed by atoms with Gasteiger partial charge in [-0.25, -0.2) is 4.79 Å². The molecule has 0 saturated carbocycles. The van der Waals surface area contributed by atoms with Crippen molar-refractivity contribution in [3.63, 3.8) is 0 Å². The summed E-state index contributed by atoms with van der Waals surface area (Å²) in [6.07, 6.45) is -0.521. The van der Waals surface area contributed by atoms with Crippen LogP contribution in [0, 0.1) is 0 Å². The Labute approximate surface area is 63.4 Å². The Balaban J connectivity index is 3.62. The lowest BCUT2D eigenvalue weighted by Crippen LogP contribution is -2.33. The van der Waals surface area contributed by atoms with Gasteiger partial charge in [0.25, 0.3) is 0 Å². The Bertz CT molecular complexity index is 177. The van der Waals surface area contributed by atoms with Gasteiger partial charge < -0.3 is 15.6 Å². The van der Waals surface area contributed by atoms with Crippen molar-refractivity contribution in [1.82, 2.24) is 0 Å². The zero-order chi connectivity index (χ0) is 8.85. The molecule has 62 valence electrons. The van der Waals surface area contributed by atoms with Crippen molar-refractivity contribution < 1.29 is 19.4 Å². The largest absolute Gasteiger partial charge is 0.459 e. The van der Waals surface area contributed by atoms with Gasteiger partial charge in [-0.15, -0.1) is 0 Å². The number of aliphatic hydroxyl groups excluding tert-OH is 1. The highest BCUT2D eigenvalue weighted by molar-refractivity contribution is 5.82. The molecule has 5 heteroatoms. The van der Waals surface area contributed by atoms with E-state index < -0.39 is 24.6 Å². The first-order chi connectivity index (χ1) is 5.07. The monoisotopic (exact) mass is 159 g/mol. The quantitative estimate of drug-likeness (QED) is 0.388. The molecule has 0 saturated heterocycles. The summed E-state index contributed by atoms with van der Waals surface area (Å²) >= 11 is 0. The van der Waals surface area contributed by atoms with Crippen LogP contribution >= 0.6 is 0 Å². The Hall–Kier alpha value is -1.36. The standard InChI is InChI=1S/C6H9NO4/c1-2-5(9)11-3-4(8)6(7)10/h2,4,8H,1,3H2,(H2,7,10). The molecule has 0 aliphatic carbocycles. The van der Waals surface area contributed by atoms with Gasteiger partial charge in [-0.1, -0.05) is 6.58 Å². The van der Waals surface area contributed by atoms with E-state index in [1.807, 2.05) is 0 Å². The van der Waals surface area contributed by atoms with Gasteiger partial charge in [0.1, 0.15) is 6.61 Å². The minimum atomic E-state index is -1.45. The molecule has 0 rings (SSSR count). The molecule has 0 fully saturated rings. The molecule has 1 unspecified atom stereocenters. The fraction of sp³-hybridized carbons (Fsp3) is 0.333. The fourth-order valence-electron chi connectivity index (χ4n) is 0.302. The summed E-state index contributed by atoms with van der Waals surface area (Å²) < 4.78 is 4.31. The second kappa shape index (κ2) is 4.45. The maximum Gasteiger partial charge on any atom is 0.330 e. The van der Waals surface area contributed by atoms with Crippen LogP contribution in [0.3, 0.4) is 0 Å². The number of aliphatic hydroxyl groups is 1. The third-order valence-corrected chi connectivity index (χ3v) is 0.879. The van der Waals surface area contributed by atoms with E-state index >= 15 is 0 Å². The molecule has 1 amide bonds. The van der Waals surface area contributed by atoms with Gasteiger partial charge in [-0.05, 0) is 0 Å². The number of rotatable bonds is 4. The fourth-order valence-corrected chi connectivity index (χ4v) is 0.302. The number of primary amides is 1. The van der Waals surface area contributed by atoms with Crippen molar-refractivity contribution in [1.29, 1.82) is 0 Å². The molecule has 3 N–H and O–H groups in total. The second-order valence-electron chi connectivity index (χ2n) is 1.75. The minimum Gasteiger partial charge on any atom is -0.459 e. The molecule has 11 heavy (non-hydrogen) atoms. The second-order valence-corrected chi connectivity index (χ2v) is 1.75. The number of hydrogen-bond donors (Lipinski definition) is 2. The number of ether oxygens (including phenoxy) is 1. The van der Waals surface area contributed by atoms with E-state index in [-0.39, 0.29) is 0 Å². The molecule has 5 nitrogen and oxygen atoms in total. The van der Waals surface area contributed by atoms with E-state index in [0.29, 0.717) is 0 Å². The van der Waals surface area contributed by atoms with Crippen molar-refractivity contribution in [2.24, 2.45) is 5.73 Å². The number of amides is 1. The molecule has 0 aromatic carbocycles. The highest BCUT2D eigenvalue weighted by atomic mass is 16.5. The third kappa shape index (κ3) is 4.10. The van der Waals surface area contributed by atoms with Gasteiger partial charge in [0.05, 0.1) is 0 Å². The smallest absolute Gasteiger partial charge is 0.330 e. The first kappa shape index (κ1) is 9.64. The summed E-state index contributed by atoms with van der Waals surface area (Å²) in [6, 6.07) is 0. The van der Waals surface area contributed by atoms with Crippen molar-refractivity contribution in [2.75, 3.05) is 6.61 Å². The van der Waals surface area contributed by atoms with Crippen molar-refractivity contribution in [3.05, 3.63) is 12.7 Å². The summed E-state index contributed by atoms with van der Waals surface area (Å²) in [5.74, 6) is -1.63. The van der Waals surface area contributed by atoms with E-state index in [1.165, 1.54) is 0 Å². The predicted molar refractivity (Wildman–Crippen MR) is 36.4 cm³/mol. The Kier molecular flexibility index (Phi) is 3.90. The highest BCUT2D eigenvalue weighted by Gasteiger charge is 2.11. The highest BCUT2D eigenvalue weighted by Crippen LogP contribution is 1.85. The number of carbonyl (C=O) groups is 2. The molecule has 0 aliphatic heterocycles. The van der Waals surface area contributed by atoms with Gasteiger partial charge in [-0.3, -0.25) is 4.79 Å². The average Bonchev–Trinajstić information content (AvgIpc) is 1.99. The van der Waals surface area contributed by atoms with Gasteiger partial charge in [0.2, 0.25) is 5.91 Å². The summed E-state index contributed by atoms with van der Waals surface area (Å²) in [4.78, 5) is 20.5. The molecule has 0 radical (unpaired) electrons. The van der Waals surface area contributed by atoms with Gasteiger partial charge in [0, 0.05) is 6.08 Å². The van der Waals surface area contributed by atoms with Crippen LogP contribution in [0.4, 0.5) is 0 Å². The average molecular weight is 159 g/mol. The maximum atomic E-state index is 10.3. The molecule has 0 bridgehead atoms. The van der Waals surface area contributed by atoms with E-state index in [2.05, 4.69) is 17.0 Å². The van der Waals surface area contributed by atoms with Crippen molar-refractivity contribution in [2.45, 2.75) is 6.10 Å². The lowest BCUT2D eigenvalue weighted by molar-refractivity contribution is -0.143. The van der Waals surface area contributed by atoms with Crippen LogP contribution in [0.5, 0.6) is 0 Å². The van der Waals surface area contributed by atoms with Crippen LogP contribution in [-0.4, -0.2) is 29.7 Å². The summed E-state index contributed by atoms with van der Waals surface area (Å²) in [5.41, 5.74) is 4.66. The molecule has 0 heterocycles. The van der Waals surface area contributed by atoms with Crippen LogP contribution in [0.1, 0.15) is 0 Å². The summed E-state index contributed by atoms with van der Waals surface area (Å²) in [5, 5.41) is 8.68. The number of hydrogen-bond acceptors (Lipinski definition) is 4. The molecular formula is C6H9NO4. The van der Waals surface area contributed by atoms with Crippen LogP contribution in [0.15, 0.2) is 12.7 Å². The van der Waals surface area contributed by atoms with Crippen LogP contribution in [-0.2, 0) is 14.3 Å². The van der Waals surface area contributed by atoms with Gasteiger partial charge in [-0.2, -0.15) is 0 Å². The predicted octanol–water partition coefficient (Wildman–Crippen LogP) is -1.44.